The minimum atomic E-state index is -4.79. The van der Waals surface area contributed by atoms with Gasteiger partial charge in [-0.15, -0.1) is 13.2 Å². The lowest BCUT2D eigenvalue weighted by atomic mass is 10.1. The molecule has 8 nitrogen and oxygen atoms in total. The van der Waals surface area contributed by atoms with Gasteiger partial charge < -0.3 is 24.5 Å². The Morgan fingerprint density at radius 3 is 2.35 bits per heavy atom. The van der Waals surface area contributed by atoms with Crippen LogP contribution in [0.5, 0.6) is 11.5 Å². The van der Waals surface area contributed by atoms with E-state index in [9.17, 15) is 22.8 Å². The summed E-state index contributed by atoms with van der Waals surface area (Å²) in [5, 5.41) is 5.25. The van der Waals surface area contributed by atoms with E-state index in [0.29, 0.717) is 13.0 Å². The van der Waals surface area contributed by atoms with Gasteiger partial charge in [0.05, 0.1) is 6.54 Å². The summed E-state index contributed by atoms with van der Waals surface area (Å²) in [7, 11) is 0. The number of hydrogen-bond acceptors (Lipinski definition) is 6. The molecule has 0 saturated heterocycles. The highest BCUT2D eigenvalue weighted by atomic mass is 79.9. The maximum atomic E-state index is 12.2. The number of aromatic nitrogens is 1. The van der Waals surface area contributed by atoms with Crippen LogP contribution in [0.1, 0.15) is 21.9 Å². The van der Waals surface area contributed by atoms with Crippen molar-refractivity contribution in [2.75, 3.05) is 13.2 Å². The third-order valence-corrected chi connectivity index (χ3v) is 4.79. The van der Waals surface area contributed by atoms with Crippen molar-refractivity contribution in [3.63, 3.8) is 0 Å². The van der Waals surface area contributed by atoms with Crippen LogP contribution in [-0.2, 0) is 17.8 Å². The van der Waals surface area contributed by atoms with E-state index < -0.39 is 23.9 Å². The first-order valence-electron chi connectivity index (χ1n) is 9.90. The number of benzene rings is 2. The topological polar surface area (TPSA) is 103 Å². The molecule has 0 atom stereocenters. The Morgan fingerprint density at radius 2 is 1.68 bits per heavy atom. The first kappa shape index (κ1) is 25.1. The first-order chi connectivity index (χ1) is 16.2. The lowest BCUT2D eigenvalue weighted by Crippen LogP contribution is -2.29. The van der Waals surface area contributed by atoms with Gasteiger partial charge in [0, 0.05) is 11.0 Å². The van der Waals surface area contributed by atoms with Crippen molar-refractivity contribution in [2.45, 2.75) is 19.3 Å². The van der Waals surface area contributed by atoms with E-state index in [0.717, 1.165) is 22.2 Å². The van der Waals surface area contributed by atoms with Gasteiger partial charge in [-0.2, -0.15) is 0 Å². The summed E-state index contributed by atoms with van der Waals surface area (Å²) in [6.07, 6.45) is -2.95. The van der Waals surface area contributed by atoms with E-state index >= 15 is 0 Å². The summed E-state index contributed by atoms with van der Waals surface area (Å²) < 4.78 is 51.6. The molecule has 0 unspecified atom stereocenters. The van der Waals surface area contributed by atoms with Gasteiger partial charge in [-0.05, 0) is 48.4 Å². The minimum Gasteiger partial charge on any atom is -0.484 e. The number of carbonyl (C=O) groups excluding carboxylic acids is 2. The number of alkyl halides is 3. The first-order valence-corrected chi connectivity index (χ1v) is 10.7. The number of nitrogens with one attached hydrogen (secondary N) is 2. The van der Waals surface area contributed by atoms with Crippen molar-refractivity contribution in [1.29, 1.82) is 0 Å². The van der Waals surface area contributed by atoms with Gasteiger partial charge in [0.25, 0.3) is 11.8 Å². The quantitative estimate of drug-likeness (QED) is 0.402. The van der Waals surface area contributed by atoms with Gasteiger partial charge in [-0.25, -0.2) is 4.98 Å². The maximum Gasteiger partial charge on any atom is 0.573 e. The predicted molar refractivity (Wildman–Crippen MR) is 117 cm³/mol. The van der Waals surface area contributed by atoms with Crippen LogP contribution in [0.15, 0.2) is 63.7 Å². The molecule has 34 heavy (non-hydrogen) atoms. The highest BCUT2D eigenvalue weighted by Gasteiger charge is 2.31. The lowest BCUT2D eigenvalue weighted by molar-refractivity contribution is -0.274. The molecule has 2 N–H and O–H groups in total. The van der Waals surface area contributed by atoms with Crippen molar-refractivity contribution in [3.8, 4) is 11.5 Å². The molecule has 0 bridgehead atoms. The van der Waals surface area contributed by atoms with Gasteiger partial charge in [-0.3, -0.25) is 9.59 Å². The van der Waals surface area contributed by atoms with E-state index in [1.165, 1.54) is 18.4 Å². The van der Waals surface area contributed by atoms with Crippen molar-refractivity contribution in [2.24, 2.45) is 0 Å². The van der Waals surface area contributed by atoms with E-state index in [1.54, 1.807) is 0 Å². The number of carbonyl (C=O) groups is 2. The van der Waals surface area contributed by atoms with Crippen LogP contribution in [0, 0.1) is 0 Å². The van der Waals surface area contributed by atoms with E-state index in [2.05, 4.69) is 36.3 Å². The number of nitrogens with zero attached hydrogens (tertiary/aromatic N) is 1. The molecule has 2 amide bonds. The van der Waals surface area contributed by atoms with E-state index in [1.807, 2.05) is 24.3 Å². The average Bonchev–Trinajstić information content (AvgIpc) is 3.27. The maximum absolute atomic E-state index is 12.2. The van der Waals surface area contributed by atoms with Crippen molar-refractivity contribution < 1.29 is 36.7 Å². The van der Waals surface area contributed by atoms with Crippen molar-refractivity contribution >= 4 is 27.7 Å². The molecule has 1 aromatic heterocycles. The SMILES string of the molecule is O=C(COc1ccc(OC(F)(F)F)cc1)NCc1nc(C(=O)NCCc2ccc(Br)cc2)co1. The fourth-order valence-corrected chi connectivity index (χ4v) is 2.93. The summed E-state index contributed by atoms with van der Waals surface area (Å²) in [5.74, 6) is -1.02. The van der Waals surface area contributed by atoms with Gasteiger partial charge in [0.2, 0.25) is 5.89 Å². The molecule has 3 rings (SSSR count). The smallest absolute Gasteiger partial charge is 0.484 e. The molecule has 0 aliphatic carbocycles. The lowest BCUT2D eigenvalue weighted by Gasteiger charge is -2.10. The number of oxazole rings is 1. The second-order valence-corrected chi connectivity index (χ2v) is 7.76. The fraction of sp³-hybridized carbons (Fsp3) is 0.227. The second kappa shape index (κ2) is 11.5. The van der Waals surface area contributed by atoms with Crippen molar-refractivity contribution in [1.82, 2.24) is 15.6 Å². The van der Waals surface area contributed by atoms with Gasteiger partial charge >= 0.3 is 6.36 Å². The zero-order valence-electron chi connectivity index (χ0n) is 17.5. The molecule has 0 saturated carbocycles. The summed E-state index contributed by atoms with van der Waals surface area (Å²) in [4.78, 5) is 28.1. The third-order valence-electron chi connectivity index (χ3n) is 4.26. The molecular formula is C22H19BrF3N3O5. The van der Waals surface area contributed by atoms with E-state index in [-0.39, 0.29) is 30.5 Å². The van der Waals surface area contributed by atoms with Crippen LogP contribution in [0.4, 0.5) is 13.2 Å². The van der Waals surface area contributed by atoms with Gasteiger partial charge in [-0.1, -0.05) is 28.1 Å². The summed E-state index contributed by atoms with van der Waals surface area (Å²) >= 11 is 3.36. The van der Waals surface area contributed by atoms with Gasteiger partial charge in [0.1, 0.15) is 17.8 Å². The Balaban J connectivity index is 1.37. The number of hydrogen-bond donors (Lipinski definition) is 2. The molecule has 12 heteroatoms. The van der Waals surface area contributed by atoms with Crippen LogP contribution in [-0.4, -0.2) is 36.3 Å². The van der Waals surface area contributed by atoms with Crippen LogP contribution in [0.25, 0.3) is 0 Å². The minimum absolute atomic E-state index is 0.0767. The van der Waals surface area contributed by atoms with Crippen LogP contribution in [0.3, 0.4) is 0 Å². The van der Waals surface area contributed by atoms with Crippen LogP contribution < -0.4 is 20.1 Å². The molecule has 0 aliphatic rings. The van der Waals surface area contributed by atoms with Crippen LogP contribution >= 0.6 is 15.9 Å². The second-order valence-electron chi connectivity index (χ2n) is 6.84. The largest absolute Gasteiger partial charge is 0.573 e. The average molecular weight is 542 g/mol. The zero-order chi connectivity index (χ0) is 24.6. The number of amides is 2. The van der Waals surface area contributed by atoms with Crippen molar-refractivity contribution in [3.05, 3.63) is 76.4 Å². The number of rotatable bonds is 10. The molecular weight excluding hydrogens is 523 g/mol. The zero-order valence-corrected chi connectivity index (χ0v) is 19.1. The summed E-state index contributed by atoms with van der Waals surface area (Å²) in [6.45, 7) is -0.0453. The molecule has 0 aliphatic heterocycles. The molecule has 0 radical (unpaired) electrons. The Labute approximate surface area is 200 Å². The number of halogens is 4. The molecule has 0 fully saturated rings. The molecule has 1 heterocycles. The van der Waals surface area contributed by atoms with E-state index in [4.69, 9.17) is 9.15 Å². The molecule has 3 aromatic rings. The Kier molecular flexibility index (Phi) is 8.52. The standard InChI is InChI=1S/C22H19BrF3N3O5/c23-15-3-1-14(2-4-15)9-10-27-21(31)18-12-33-20(29-18)11-28-19(30)13-32-16-5-7-17(8-6-16)34-22(24,25)26/h1-8,12H,9-11,13H2,(H,27,31)(H,28,30). The molecule has 2 aromatic carbocycles. The Morgan fingerprint density at radius 1 is 1.00 bits per heavy atom. The molecule has 0 spiro atoms. The summed E-state index contributed by atoms with van der Waals surface area (Å²) in [5.41, 5.74) is 1.15. The van der Waals surface area contributed by atoms with Gasteiger partial charge in [0.15, 0.2) is 12.3 Å². The Bertz CT molecular complexity index is 1100. The number of ether oxygens (including phenoxy) is 2. The van der Waals surface area contributed by atoms with Crippen LogP contribution in [0.2, 0.25) is 0 Å². The fourth-order valence-electron chi connectivity index (χ4n) is 2.67. The Hall–Kier alpha value is -3.54. The summed E-state index contributed by atoms with van der Waals surface area (Å²) in [6, 6.07) is 12.4. The molecule has 180 valence electrons. The highest BCUT2D eigenvalue weighted by molar-refractivity contribution is 9.10. The normalized spacial score (nSPS) is 11.1. The third kappa shape index (κ3) is 8.43. The highest BCUT2D eigenvalue weighted by Crippen LogP contribution is 2.24. The monoisotopic (exact) mass is 541 g/mol. The predicted octanol–water partition coefficient (Wildman–Crippen LogP) is 4.00.